The number of rotatable bonds is 13. The van der Waals surface area contributed by atoms with E-state index in [0.29, 0.717) is 0 Å². The van der Waals surface area contributed by atoms with Crippen LogP contribution in [0.25, 0.3) is 5.57 Å². The first-order chi connectivity index (χ1) is 14.2. The summed E-state index contributed by atoms with van der Waals surface area (Å²) < 4.78 is 6.61. The Morgan fingerprint density at radius 3 is 1.93 bits per heavy atom. The van der Waals surface area contributed by atoms with Gasteiger partial charge in [-0.15, -0.1) is 0 Å². The van der Waals surface area contributed by atoms with Gasteiger partial charge >= 0.3 is 187 Å². The second kappa shape index (κ2) is 13.9. The summed E-state index contributed by atoms with van der Waals surface area (Å²) in [5.41, 5.74) is 3.36. The molecular weight excluding hydrogens is 455 g/mol. The normalized spacial score (nSPS) is 16.3. The predicted octanol–water partition coefficient (Wildman–Crippen LogP) is 9.12. The molecule has 2 rings (SSSR count). The van der Waals surface area contributed by atoms with Crippen molar-refractivity contribution in [3.05, 3.63) is 35.9 Å². The number of allylic oxidation sites excluding steroid dienone is 2. The van der Waals surface area contributed by atoms with E-state index in [1.807, 2.05) is 3.58 Å². The minimum absolute atomic E-state index is 0.925. The summed E-state index contributed by atoms with van der Waals surface area (Å²) in [7, 11) is 0. The third-order valence-corrected chi connectivity index (χ3v) is 23.2. The molecule has 1 aromatic rings. The maximum atomic E-state index is 2.59. The molecule has 1 fully saturated rings. The van der Waals surface area contributed by atoms with Crippen LogP contribution in [0.2, 0.25) is 13.3 Å². The molecular formula is C28H48Sn. The number of hydrogen-bond donors (Lipinski definition) is 0. The molecule has 0 radical (unpaired) electrons. The average molecular weight is 503 g/mol. The molecule has 0 amide bonds. The molecule has 0 nitrogen and oxygen atoms in total. The van der Waals surface area contributed by atoms with Gasteiger partial charge in [0, 0.05) is 0 Å². The average Bonchev–Trinajstić information content (AvgIpc) is 2.78. The van der Waals surface area contributed by atoms with Gasteiger partial charge in [-0.2, -0.15) is 0 Å². The molecule has 1 aliphatic rings. The maximum absolute atomic E-state index is 2.59. The summed E-state index contributed by atoms with van der Waals surface area (Å²) in [6.07, 6.45) is 19.5. The Morgan fingerprint density at radius 1 is 0.862 bits per heavy atom. The molecule has 1 heteroatoms. The Labute approximate surface area is 186 Å². The number of benzene rings is 1. The molecule has 164 valence electrons. The Morgan fingerprint density at radius 2 is 1.41 bits per heavy atom. The summed E-state index contributed by atoms with van der Waals surface area (Å²) in [6, 6.07) is 9.78. The standard InChI is InChI=1S/C16H21.3C4H9.Sn/c1-2-15(16-11-7-4-8-12-16)13-14-9-5-3-6-10-14;3*1-3-4-2;/h2,4,7-8,11,14H,3,5-6,9-10,13H2,1H3;3*1,3-4H2,2H3;/b15-2+;;;;. The van der Waals surface area contributed by atoms with E-state index in [0.717, 1.165) is 5.92 Å². The van der Waals surface area contributed by atoms with Crippen molar-refractivity contribution in [2.24, 2.45) is 5.92 Å². The first-order valence-electron chi connectivity index (χ1n) is 13.0. The fraction of sp³-hybridized carbons (Fsp3) is 0.714. The van der Waals surface area contributed by atoms with Crippen LogP contribution in [0.3, 0.4) is 0 Å². The Bertz CT molecular complexity index is 572. The van der Waals surface area contributed by atoms with Gasteiger partial charge in [0.05, 0.1) is 0 Å². The van der Waals surface area contributed by atoms with E-state index in [2.05, 4.69) is 58.0 Å². The quantitative estimate of drug-likeness (QED) is 0.236. The van der Waals surface area contributed by atoms with Crippen molar-refractivity contribution in [1.29, 1.82) is 0 Å². The molecule has 0 saturated heterocycles. The van der Waals surface area contributed by atoms with Crippen LogP contribution in [-0.2, 0) is 0 Å². The fourth-order valence-corrected chi connectivity index (χ4v) is 22.5. The van der Waals surface area contributed by atoms with Gasteiger partial charge in [-0.3, -0.25) is 0 Å². The van der Waals surface area contributed by atoms with E-state index in [1.54, 1.807) is 24.4 Å². The Hall–Kier alpha value is -0.241. The van der Waals surface area contributed by atoms with Crippen molar-refractivity contribution < 1.29 is 0 Å². The monoisotopic (exact) mass is 504 g/mol. The van der Waals surface area contributed by atoms with Gasteiger partial charge < -0.3 is 0 Å². The second-order valence-corrected chi connectivity index (χ2v) is 22.8. The van der Waals surface area contributed by atoms with Gasteiger partial charge in [0.2, 0.25) is 0 Å². The molecule has 0 aliphatic heterocycles. The van der Waals surface area contributed by atoms with Crippen molar-refractivity contribution in [1.82, 2.24) is 0 Å². The third kappa shape index (κ3) is 7.44. The Balaban J connectivity index is 2.40. The molecule has 0 N–H and O–H groups in total. The molecule has 0 aromatic heterocycles. The number of hydrogen-bond acceptors (Lipinski definition) is 0. The molecule has 1 saturated carbocycles. The van der Waals surface area contributed by atoms with Gasteiger partial charge in [-0.05, 0) is 0 Å². The van der Waals surface area contributed by atoms with Crippen LogP contribution >= 0.6 is 0 Å². The van der Waals surface area contributed by atoms with Crippen LogP contribution in [-0.4, -0.2) is 18.4 Å². The summed E-state index contributed by atoms with van der Waals surface area (Å²) in [5.74, 6) is 0.925. The van der Waals surface area contributed by atoms with Crippen LogP contribution < -0.4 is 3.58 Å². The fourth-order valence-electron chi connectivity index (χ4n) is 5.64. The van der Waals surface area contributed by atoms with Crippen molar-refractivity contribution in [2.75, 3.05) is 0 Å². The first-order valence-corrected chi connectivity index (χ1v) is 20.4. The van der Waals surface area contributed by atoms with Gasteiger partial charge in [0.15, 0.2) is 0 Å². The zero-order valence-corrected chi connectivity index (χ0v) is 22.9. The third-order valence-electron chi connectivity index (χ3n) is 7.45. The summed E-state index contributed by atoms with van der Waals surface area (Å²) in [4.78, 5) is 0. The van der Waals surface area contributed by atoms with Crippen molar-refractivity contribution in [3.63, 3.8) is 0 Å². The molecule has 1 aliphatic carbocycles. The molecule has 0 unspecified atom stereocenters. The van der Waals surface area contributed by atoms with E-state index in [9.17, 15) is 0 Å². The first kappa shape index (κ1) is 25.0. The zero-order chi connectivity index (χ0) is 21.0. The summed E-state index contributed by atoms with van der Waals surface area (Å²) >= 11 is -2.41. The van der Waals surface area contributed by atoms with Crippen molar-refractivity contribution in [3.8, 4) is 0 Å². The Kier molecular flexibility index (Phi) is 12.0. The van der Waals surface area contributed by atoms with E-state index < -0.39 is 18.4 Å². The summed E-state index contributed by atoms with van der Waals surface area (Å²) in [5, 5.41) is 0. The van der Waals surface area contributed by atoms with E-state index >= 15 is 0 Å². The van der Waals surface area contributed by atoms with E-state index in [1.165, 1.54) is 77.0 Å². The summed E-state index contributed by atoms with van der Waals surface area (Å²) in [6.45, 7) is 9.48. The molecule has 29 heavy (non-hydrogen) atoms. The van der Waals surface area contributed by atoms with E-state index in [4.69, 9.17) is 0 Å². The van der Waals surface area contributed by atoms with Crippen LogP contribution in [0.15, 0.2) is 30.3 Å². The van der Waals surface area contributed by atoms with Gasteiger partial charge in [-0.25, -0.2) is 0 Å². The van der Waals surface area contributed by atoms with Gasteiger partial charge in [0.1, 0.15) is 0 Å². The number of unbranched alkanes of at least 4 members (excludes halogenated alkanes) is 3. The van der Waals surface area contributed by atoms with Crippen LogP contribution in [0, 0.1) is 5.92 Å². The van der Waals surface area contributed by atoms with Crippen molar-refractivity contribution in [2.45, 2.75) is 118 Å². The SMILES string of the molecule is C/C=C(\CC1CCCCC1)c1cccc[c]1[Sn]([CH2]CCC)([CH2]CCC)[CH2]CCC. The molecule has 0 spiro atoms. The minimum atomic E-state index is -2.41. The van der Waals surface area contributed by atoms with Crippen LogP contribution in [0.5, 0.6) is 0 Å². The molecule has 0 heterocycles. The molecule has 0 bridgehead atoms. The molecule has 1 aromatic carbocycles. The topological polar surface area (TPSA) is 0 Å². The zero-order valence-electron chi connectivity index (χ0n) is 20.1. The predicted molar refractivity (Wildman–Crippen MR) is 136 cm³/mol. The van der Waals surface area contributed by atoms with Crippen LogP contribution in [0.1, 0.15) is 110 Å². The second-order valence-electron chi connectivity index (χ2n) is 9.66. The van der Waals surface area contributed by atoms with Gasteiger partial charge in [-0.1, -0.05) is 0 Å². The van der Waals surface area contributed by atoms with E-state index in [-0.39, 0.29) is 0 Å². The van der Waals surface area contributed by atoms with Crippen LogP contribution in [0.4, 0.5) is 0 Å². The van der Waals surface area contributed by atoms with Crippen molar-refractivity contribution >= 4 is 27.5 Å². The molecule has 0 atom stereocenters. The van der Waals surface area contributed by atoms with Gasteiger partial charge in [0.25, 0.3) is 0 Å².